The van der Waals surface area contributed by atoms with Gasteiger partial charge < -0.3 is 15.0 Å². The largest absolute Gasteiger partial charge is 0.480 e. The fourth-order valence-corrected chi connectivity index (χ4v) is 2.49. The quantitative estimate of drug-likeness (QED) is 0.761. The Hall–Kier alpha value is -2.07. The van der Waals surface area contributed by atoms with E-state index in [2.05, 4.69) is 10.2 Å². The molecule has 0 aliphatic heterocycles. The topological polar surface area (TPSA) is 41.6 Å². The van der Waals surface area contributed by atoms with Crippen molar-refractivity contribution in [2.45, 2.75) is 25.9 Å². The average molecular weight is 314 g/mol. The molecule has 0 unspecified atom stereocenters. The summed E-state index contributed by atoms with van der Waals surface area (Å²) in [6, 6.07) is 14.0. The van der Waals surface area contributed by atoms with Gasteiger partial charge in [-0.25, -0.2) is 0 Å². The highest BCUT2D eigenvalue weighted by atomic mass is 16.5. The lowest BCUT2D eigenvalue weighted by Gasteiger charge is -2.19. The smallest absolute Gasteiger partial charge is 0.261 e. The van der Waals surface area contributed by atoms with E-state index in [4.69, 9.17) is 4.74 Å². The van der Waals surface area contributed by atoms with Gasteiger partial charge in [0.1, 0.15) is 5.75 Å². The first kappa shape index (κ1) is 17.3. The second-order valence-electron chi connectivity index (χ2n) is 5.94. The molecule has 4 heteroatoms. The molecule has 1 amide bonds. The third-order valence-electron chi connectivity index (χ3n) is 3.76. The summed E-state index contributed by atoms with van der Waals surface area (Å²) in [5.41, 5.74) is 0. The maximum absolute atomic E-state index is 12.3. The molecule has 2 rings (SSSR count). The summed E-state index contributed by atoms with van der Waals surface area (Å²) in [5, 5.41) is 5.12. The third kappa shape index (κ3) is 4.96. The van der Waals surface area contributed by atoms with Gasteiger partial charge in [-0.3, -0.25) is 4.79 Å². The highest BCUT2D eigenvalue weighted by molar-refractivity contribution is 5.89. The Kier molecular flexibility index (Phi) is 6.41. The summed E-state index contributed by atoms with van der Waals surface area (Å²) < 4.78 is 5.99. The van der Waals surface area contributed by atoms with Crippen molar-refractivity contribution in [3.8, 4) is 5.75 Å². The Balaban J connectivity index is 1.99. The molecule has 0 aliphatic rings. The van der Waals surface area contributed by atoms with E-state index < -0.39 is 6.10 Å². The molecule has 0 heterocycles. The summed E-state index contributed by atoms with van der Waals surface area (Å²) in [7, 11) is 4.06. The number of nitrogens with zero attached hydrogens (tertiary/aromatic N) is 1. The van der Waals surface area contributed by atoms with Crippen LogP contribution in [0.2, 0.25) is 0 Å². The predicted molar refractivity (Wildman–Crippen MR) is 94.8 cm³/mol. The number of fused-ring (bicyclic) bond motifs is 1. The van der Waals surface area contributed by atoms with Gasteiger partial charge in [0.15, 0.2) is 6.10 Å². The molecule has 4 nitrogen and oxygen atoms in total. The molecule has 0 bridgehead atoms. The normalized spacial score (nSPS) is 12.3. The molecule has 0 aromatic heterocycles. The summed E-state index contributed by atoms with van der Waals surface area (Å²) in [6.07, 6.45) is 1.12. The number of carbonyl (C=O) groups excluding carboxylic acids is 1. The molecular weight excluding hydrogens is 288 g/mol. The minimum atomic E-state index is -0.458. The van der Waals surface area contributed by atoms with Gasteiger partial charge >= 0.3 is 0 Å². The van der Waals surface area contributed by atoms with Gasteiger partial charge in [0.2, 0.25) is 0 Å². The monoisotopic (exact) mass is 314 g/mol. The van der Waals surface area contributed by atoms with E-state index in [1.54, 1.807) is 0 Å². The molecule has 0 fully saturated rings. The first-order valence-corrected chi connectivity index (χ1v) is 8.18. The van der Waals surface area contributed by atoms with Crippen molar-refractivity contribution in [3.05, 3.63) is 42.5 Å². The van der Waals surface area contributed by atoms with Crippen LogP contribution in [0.4, 0.5) is 0 Å². The summed E-state index contributed by atoms with van der Waals surface area (Å²) in [6.45, 7) is 3.60. The zero-order valence-electron chi connectivity index (χ0n) is 14.2. The molecule has 0 radical (unpaired) electrons. The standard InChI is InChI=1S/C19H26N2O2/c1-4-17(19(22)20-13-8-14-21(2)3)23-18-12-7-10-15-9-5-6-11-16(15)18/h5-7,9-12,17H,4,8,13-14H2,1-3H3,(H,20,22)/t17-/m1/s1. The van der Waals surface area contributed by atoms with Gasteiger partial charge in [0.05, 0.1) is 0 Å². The lowest BCUT2D eigenvalue weighted by Crippen LogP contribution is -2.39. The van der Waals surface area contributed by atoms with Crippen molar-refractivity contribution in [1.29, 1.82) is 0 Å². The number of rotatable bonds is 8. The van der Waals surface area contributed by atoms with Crippen molar-refractivity contribution >= 4 is 16.7 Å². The molecule has 1 N–H and O–H groups in total. The molecule has 1 atom stereocenters. The van der Waals surface area contributed by atoms with Crippen LogP contribution in [0.1, 0.15) is 19.8 Å². The van der Waals surface area contributed by atoms with Crippen LogP contribution in [0.25, 0.3) is 10.8 Å². The Labute approximate surface area is 138 Å². The van der Waals surface area contributed by atoms with E-state index >= 15 is 0 Å². The first-order chi connectivity index (χ1) is 11.1. The molecule has 124 valence electrons. The molecule has 2 aromatic rings. The molecular formula is C19H26N2O2. The van der Waals surface area contributed by atoms with Crippen molar-refractivity contribution in [2.75, 3.05) is 27.2 Å². The number of hydrogen-bond acceptors (Lipinski definition) is 3. The van der Waals surface area contributed by atoms with E-state index in [1.807, 2.05) is 63.5 Å². The lowest BCUT2D eigenvalue weighted by molar-refractivity contribution is -0.128. The van der Waals surface area contributed by atoms with Crippen LogP contribution in [-0.4, -0.2) is 44.1 Å². The maximum Gasteiger partial charge on any atom is 0.261 e. The SMILES string of the molecule is CC[C@@H](Oc1cccc2ccccc12)C(=O)NCCCN(C)C. The van der Waals surface area contributed by atoms with E-state index in [0.717, 1.165) is 29.5 Å². The zero-order valence-corrected chi connectivity index (χ0v) is 14.2. The van der Waals surface area contributed by atoms with Crippen LogP contribution < -0.4 is 10.1 Å². The first-order valence-electron chi connectivity index (χ1n) is 8.18. The van der Waals surface area contributed by atoms with Crippen LogP contribution in [0.3, 0.4) is 0 Å². The van der Waals surface area contributed by atoms with Crippen molar-refractivity contribution < 1.29 is 9.53 Å². The van der Waals surface area contributed by atoms with Crippen LogP contribution in [0, 0.1) is 0 Å². The van der Waals surface area contributed by atoms with Gasteiger partial charge in [-0.05, 0) is 44.9 Å². The van der Waals surface area contributed by atoms with Gasteiger partial charge in [-0.1, -0.05) is 43.3 Å². The van der Waals surface area contributed by atoms with E-state index in [9.17, 15) is 4.79 Å². The zero-order chi connectivity index (χ0) is 16.7. The fourth-order valence-electron chi connectivity index (χ4n) is 2.49. The molecule has 0 aliphatic carbocycles. The lowest BCUT2D eigenvalue weighted by atomic mass is 10.1. The Morgan fingerprint density at radius 1 is 1.17 bits per heavy atom. The van der Waals surface area contributed by atoms with Crippen LogP contribution in [0.15, 0.2) is 42.5 Å². The number of nitrogens with one attached hydrogen (secondary N) is 1. The Morgan fingerprint density at radius 3 is 2.65 bits per heavy atom. The minimum absolute atomic E-state index is 0.0424. The maximum atomic E-state index is 12.3. The van der Waals surface area contributed by atoms with Crippen molar-refractivity contribution in [3.63, 3.8) is 0 Å². The van der Waals surface area contributed by atoms with Crippen molar-refractivity contribution in [2.24, 2.45) is 0 Å². The van der Waals surface area contributed by atoms with Crippen LogP contribution in [-0.2, 0) is 4.79 Å². The highest BCUT2D eigenvalue weighted by Gasteiger charge is 2.18. The van der Waals surface area contributed by atoms with Gasteiger partial charge in [-0.15, -0.1) is 0 Å². The van der Waals surface area contributed by atoms with Crippen LogP contribution in [0.5, 0.6) is 5.75 Å². The number of benzene rings is 2. The number of hydrogen-bond donors (Lipinski definition) is 1. The third-order valence-corrected chi connectivity index (χ3v) is 3.76. The average Bonchev–Trinajstić information content (AvgIpc) is 2.56. The summed E-state index contributed by atoms with van der Waals surface area (Å²) in [5.74, 6) is 0.720. The Bertz CT molecular complexity index is 635. The van der Waals surface area contributed by atoms with E-state index in [-0.39, 0.29) is 5.91 Å². The molecule has 0 saturated carbocycles. The van der Waals surface area contributed by atoms with E-state index in [0.29, 0.717) is 13.0 Å². The minimum Gasteiger partial charge on any atom is -0.480 e. The second-order valence-corrected chi connectivity index (χ2v) is 5.94. The van der Waals surface area contributed by atoms with Gasteiger partial charge in [-0.2, -0.15) is 0 Å². The predicted octanol–water partition coefficient (Wildman–Crippen LogP) is 3.07. The van der Waals surface area contributed by atoms with Gasteiger partial charge in [0.25, 0.3) is 5.91 Å². The molecule has 0 saturated heterocycles. The molecule has 2 aromatic carbocycles. The fraction of sp³-hybridized carbons (Fsp3) is 0.421. The summed E-state index contributed by atoms with van der Waals surface area (Å²) in [4.78, 5) is 14.4. The molecule has 23 heavy (non-hydrogen) atoms. The summed E-state index contributed by atoms with van der Waals surface area (Å²) >= 11 is 0. The van der Waals surface area contributed by atoms with Crippen molar-refractivity contribution in [1.82, 2.24) is 10.2 Å². The highest BCUT2D eigenvalue weighted by Crippen LogP contribution is 2.26. The van der Waals surface area contributed by atoms with Gasteiger partial charge in [0, 0.05) is 11.9 Å². The second kappa shape index (κ2) is 8.53. The van der Waals surface area contributed by atoms with Crippen LogP contribution >= 0.6 is 0 Å². The molecule has 0 spiro atoms. The van der Waals surface area contributed by atoms with E-state index in [1.165, 1.54) is 0 Å². The number of carbonyl (C=O) groups is 1. The number of ether oxygens (including phenoxy) is 1. The Morgan fingerprint density at radius 2 is 1.91 bits per heavy atom. The number of amides is 1.